The van der Waals surface area contributed by atoms with Crippen LogP contribution in [0.4, 0.5) is 4.79 Å². The van der Waals surface area contributed by atoms with E-state index in [1.54, 1.807) is 42.2 Å². The third-order valence-corrected chi connectivity index (χ3v) is 7.71. The summed E-state index contributed by atoms with van der Waals surface area (Å²) in [6.45, 7) is 2.50. The number of benzene rings is 3. The monoisotopic (exact) mass is 624 g/mol. The summed E-state index contributed by atoms with van der Waals surface area (Å²) < 4.78 is 10.2. The Labute approximate surface area is 269 Å². The minimum absolute atomic E-state index is 0.00783. The van der Waals surface area contributed by atoms with Crippen molar-refractivity contribution in [3.8, 4) is 0 Å². The number of alkyl carbamates (subject to hydrolysis) is 1. The molecular weight excluding hydrogens is 584 g/mol. The van der Waals surface area contributed by atoms with E-state index in [9.17, 15) is 24.0 Å². The van der Waals surface area contributed by atoms with Crippen molar-refractivity contribution in [2.75, 3.05) is 13.2 Å². The van der Waals surface area contributed by atoms with Gasteiger partial charge in [-0.15, -0.1) is 0 Å². The fourth-order valence-electron chi connectivity index (χ4n) is 5.42. The van der Waals surface area contributed by atoms with E-state index in [4.69, 9.17) is 9.47 Å². The summed E-state index contributed by atoms with van der Waals surface area (Å²) in [6, 6.07) is 24.1. The lowest BCUT2D eigenvalue weighted by molar-refractivity contribution is -0.137. The van der Waals surface area contributed by atoms with Crippen LogP contribution in [-0.2, 0) is 43.3 Å². The Morgan fingerprint density at radius 1 is 0.870 bits per heavy atom. The number of ketones is 2. The minimum Gasteiger partial charge on any atom is -0.463 e. The number of nitrogens with one attached hydrogen (secondary N) is 1. The number of nitrogens with zero attached hydrogens (tertiary/aromatic N) is 1. The molecule has 3 aromatic rings. The van der Waals surface area contributed by atoms with Crippen molar-refractivity contribution in [3.05, 3.63) is 119 Å². The van der Waals surface area contributed by atoms with Crippen molar-refractivity contribution in [3.63, 3.8) is 0 Å². The predicted octanol–water partition coefficient (Wildman–Crippen LogP) is 5.41. The van der Waals surface area contributed by atoms with Crippen LogP contribution in [0.5, 0.6) is 0 Å². The van der Waals surface area contributed by atoms with Gasteiger partial charge < -0.3 is 19.7 Å². The lowest BCUT2D eigenvalue weighted by Crippen LogP contribution is -2.42. The Morgan fingerprint density at radius 2 is 1.57 bits per heavy atom. The van der Waals surface area contributed by atoms with Gasteiger partial charge in [0.15, 0.2) is 11.6 Å². The molecule has 240 valence electrons. The molecule has 1 heterocycles. The highest BCUT2D eigenvalue weighted by Crippen LogP contribution is 2.23. The minimum atomic E-state index is -0.895. The number of rotatable bonds is 15. The number of hydrogen-bond donors (Lipinski definition) is 1. The van der Waals surface area contributed by atoms with Gasteiger partial charge in [-0.25, -0.2) is 9.59 Å². The van der Waals surface area contributed by atoms with Crippen molar-refractivity contribution in [2.24, 2.45) is 0 Å². The molecule has 9 nitrogen and oxygen atoms in total. The number of ether oxygens (including phenoxy) is 2. The van der Waals surface area contributed by atoms with Crippen LogP contribution < -0.4 is 5.32 Å². The summed E-state index contributed by atoms with van der Waals surface area (Å²) in [5, 5.41) is 2.67. The molecule has 0 radical (unpaired) electrons. The van der Waals surface area contributed by atoms with Gasteiger partial charge in [-0.1, -0.05) is 78.9 Å². The smallest absolute Gasteiger partial charge is 0.408 e. The molecule has 2 amide bonds. The lowest BCUT2D eigenvalue weighted by atomic mass is 9.98. The van der Waals surface area contributed by atoms with Gasteiger partial charge in [0.1, 0.15) is 6.61 Å². The van der Waals surface area contributed by atoms with Crippen LogP contribution in [0.1, 0.15) is 59.7 Å². The number of carbonyl (C=O) groups is 5. The molecule has 0 spiro atoms. The number of likely N-dealkylation sites (tertiary alicyclic amines) is 1. The Balaban J connectivity index is 1.40. The summed E-state index contributed by atoms with van der Waals surface area (Å²) in [7, 11) is 0. The molecule has 0 bridgehead atoms. The van der Waals surface area contributed by atoms with E-state index in [0.29, 0.717) is 30.5 Å². The molecule has 1 aliphatic heterocycles. The van der Waals surface area contributed by atoms with Crippen molar-refractivity contribution < 1.29 is 33.4 Å². The van der Waals surface area contributed by atoms with E-state index in [1.165, 1.54) is 6.08 Å². The highest BCUT2D eigenvalue weighted by atomic mass is 16.5. The molecule has 46 heavy (non-hydrogen) atoms. The van der Waals surface area contributed by atoms with E-state index >= 15 is 0 Å². The van der Waals surface area contributed by atoms with Gasteiger partial charge >= 0.3 is 12.1 Å². The second-order valence-electron chi connectivity index (χ2n) is 11.1. The summed E-state index contributed by atoms with van der Waals surface area (Å²) in [5.41, 5.74) is 2.72. The number of Topliss-reactive ketones (excluding diaryl/α,β-unsaturated/α-hetero) is 2. The van der Waals surface area contributed by atoms with Crippen LogP contribution in [0.2, 0.25) is 0 Å². The molecule has 4 rings (SSSR count). The molecule has 1 N–H and O–H groups in total. The Morgan fingerprint density at radius 3 is 2.28 bits per heavy atom. The summed E-state index contributed by atoms with van der Waals surface area (Å²) in [5.74, 6) is -0.998. The normalized spacial score (nSPS) is 14.9. The van der Waals surface area contributed by atoms with E-state index in [-0.39, 0.29) is 49.9 Å². The quantitative estimate of drug-likeness (QED) is 0.177. The molecule has 0 saturated carbocycles. The molecule has 0 aliphatic carbocycles. The van der Waals surface area contributed by atoms with Gasteiger partial charge in [0.05, 0.1) is 18.7 Å². The first-order chi connectivity index (χ1) is 22.3. The summed E-state index contributed by atoms with van der Waals surface area (Å²) in [4.78, 5) is 66.1. The third-order valence-electron chi connectivity index (χ3n) is 7.71. The number of allylic oxidation sites excluding steroid dienone is 1. The third kappa shape index (κ3) is 10.3. The average molecular weight is 625 g/mol. The van der Waals surface area contributed by atoms with Crippen molar-refractivity contribution in [2.45, 2.75) is 64.1 Å². The highest BCUT2D eigenvalue weighted by molar-refractivity contribution is 5.99. The zero-order valence-electron chi connectivity index (χ0n) is 26.1. The van der Waals surface area contributed by atoms with Crippen LogP contribution in [0.15, 0.2) is 97.1 Å². The van der Waals surface area contributed by atoms with Crippen LogP contribution in [0, 0.1) is 0 Å². The number of hydrogen-bond acceptors (Lipinski definition) is 7. The van der Waals surface area contributed by atoms with E-state index in [2.05, 4.69) is 5.32 Å². The van der Waals surface area contributed by atoms with Gasteiger partial charge in [-0.2, -0.15) is 0 Å². The predicted molar refractivity (Wildman–Crippen MR) is 173 cm³/mol. The van der Waals surface area contributed by atoms with Gasteiger partial charge in [-0.05, 0) is 61.4 Å². The van der Waals surface area contributed by atoms with Crippen LogP contribution in [0.25, 0.3) is 0 Å². The Bertz CT molecular complexity index is 1520. The first-order valence-corrected chi connectivity index (χ1v) is 15.6. The van der Waals surface area contributed by atoms with Crippen molar-refractivity contribution in [1.82, 2.24) is 10.2 Å². The maximum Gasteiger partial charge on any atom is 0.408 e. The molecule has 3 aromatic carbocycles. The zero-order chi connectivity index (χ0) is 32.7. The Kier molecular flexibility index (Phi) is 12.8. The van der Waals surface area contributed by atoms with Crippen LogP contribution in [-0.4, -0.2) is 59.7 Å². The maximum absolute atomic E-state index is 13.6. The molecule has 0 aromatic heterocycles. The molecular formula is C37H40N2O7. The lowest BCUT2D eigenvalue weighted by Gasteiger charge is -2.24. The van der Waals surface area contributed by atoms with Crippen molar-refractivity contribution >= 4 is 29.5 Å². The fraction of sp³-hybridized carbons (Fsp3) is 0.324. The SMILES string of the molecule is CCOC(=O)/C=C/CC[C@H](NC(=O)OCc1ccccc1)C(=O)Cc1cccc(C(=O)N2CCC[C@@H]2C(=O)Cc2ccccc2)c1. The first-order valence-electron chi connectivity index (χ1n) is 15.6. The molecule has 1 saturated heterocycles. The second-order valence-corrected chi connectivity index (χ2v) is 11.1. The molecule has 1 aliphatic rings. The van der Waals surface area contributed by atoms with Gasteiger partial charge in [0, 0.05) is 31.0 Å². The maximum atomic E-state index is 13.6. The number of amides is 2. The fourth-order valence-corrected chi connectivity index (χ4v) is 5.42. The van der Waals surface area contributed by atoms with Gasteiger partial charge in [-0.3, -0.25) is 14.4 Å². The van der Waals surface area contributed by atoms with Crippen LogP contribution >= 0.6 is 0 Å². The number of esters is 1. The molecule has 2 atom stereocenters. The largest absolute Gasteiger partial charge is 0.463 e. The molecule has 0 unspecified atom stereocenters. The van der Waals surface area contributed by atoms with E-state index < -0.39 is 24.1 Å². The van der Waals surface area contributed by atoms with Crippen LogP contribution in [0.3, 0.4) is 0 Å². The summed E-state index contributed by atoms with van der Waals surface area (Å²) >= 11 is 0. The van der Waals surface area contributed by atoms with Crippen molar-refractivity contribution in [1.29, 1.82) is 0 Å². The van der Waals surface area contributed by atoms with E-state index in [1.807, 2.05) is 60.7 Å². The van der Waals surface area contributed by atoms with E-state index in [0.717, 1.165) is 17.5 Å². The Hall–Kier alpha value is -5.05. The molecule has 9 heteroatoms. The van der Waals surface area contributed by atoms with Gasteiger partial charge in [0.25, 0.3) is 5.91 Å². The zero-order valence-corrected chi connectivity index (χ0v) is 26.1. The topological polar surface area (TPSA) is 119 Å². The summed E-state index contributed by atoms with van der Waals surface area (Å²) in [6.07, 6.45) is 4.31. The number of carbonyl (C=O) groups excluding carboxylic acids is 5. The second kappa shape index (κ2) is 17.4. The van der Waals surface area contributed by atoms with Gasteiger partial charge in [0.2, 0.25) is 0 Å². The standard InChI is InChI=1S/C37H40N2O7/c1-2-45-35(42)21-10-9-19-31(38-37(44)46-26-28-15-7-4-8-16-28)33(40)25-29-17-11-18-30(23-29)36(43)39-22-12-20-32(39)34(41)24-27-13-5-3-6-14-27/h3-8,10-11,13-18,21,23,31-32H,2,9,12,19-20,22,24-26H2,1H3,(H,38,44)/b21-10+/t31-,32+/m0/s1. The average Bonchev–Trinajstić information content (AvgIpc) is 3.56. The first kappa shape index (κ1) is 33.8. The molecule has 1 fully saturated rings. The highest BCUT2D eigenvalue weighted by Gasteiger charge is 2.34.